The van der Waals surface area contributed by atoms with Gasteiger partial charge in [0.15, 0.2) is 0 Å². The Kier molecular flexibility index (Phi) is 8.08. The average Bonchev–Trinajstić information content (AvgIpc) is 2.01. The van der Waals surface area contributed by atoms with Gasteiger partial charge in [-0.1, -0.05) is 45.2 Å². The molecular weight excluding hydrogens is 151 g/mol. The molecule has 0 bridgehead atoms. The highest BCUT2D eigenvalue weighted by Gasteiger charge is 1.99. The molecule has 11 heavy (non-hydrogen) atoms. The summed E-state index contributed by atoms with van der Waals surface area (Å²) in [5.74, 6) is 3.20. The first-order valence-electron chi connectivity index (χ1n) is 4.58. The Balaban J connectivity index is 3.68. The van der Waals surface area contributed by atoms with Crippen molar-refractivity contribution in [2.24, 2.45) is 0 Å². The summed E-state index contributed by atoms with van der Waals surface area (Å²) in [7, 11) is 0.0721. The normalized spacial score (nSPS) is 9.45. The van der Waals surface area contributed by atoms with Crippen molar-refractivity contribution in [2.75, 3.05) is 12.3 Å². The van der Waals surface area contributed by atoms with Crippen LogP contribution in [0.1, 0.15) is 40.0 Å². The first kappa shape index (κ1) is 11.0. The summed E-state index contributed by atoms with van der Waals surface area (Å²) < 4.78 is 0. The van der Waals surface area contributed by atoms with E-state index in [9.17, 15) is 0 Å². The van der Waals surface area contributed by atoms with E-state index in [1.54, 1.807) is 0 Å². The molecule has 0 N–H and O–H groups in total. The summed E-state index contributed by atoms with van der Waals surface area (Å²) in [5, 5.41) is 0. The van der Waals surface area contributed by atoms with Crippen LogP contribution in [0.4, 0.5) is 0 Å². The maximum atomic E-state index is 3.39. The van der Waals surface area contributed by atoms with E-state index < -0.39 is 0 Å². The lowest BCUT2D eigenvalue weighted by Gasteiger charge is -2.06. The van der Waals surface area contributed by atoms with Gasteiger partial charge in [-0.3, -0.25) is 0 Å². The minimum atomic E-state index is 0.0721. The van der Waals surface area contributed by atoms with Crippen LogP contribution in [-0.2, 0) is 0 Å². The molecule has 1 heteroatoms. The fourth-order valence-electron chi connectivity index (χ4n) is 0.954. The molecule has 64 valence electrons. The zero-order chi connectivity index (χ0) is 8.53. The van der Waals surface area contributed by atoms with Crippen LogP contribution in [0.2, 0.25) is 0 Å². The van der Waals surface area contributed by atoms with E-state index in [1.807, 2.05) is 0 Å². The van der Waals surface area contributed by atoms with Crippen LogP contribution in [0.25, 0.3) is 0 Å². The average molecular weight is 170 g/mol. The van der Waals surface area contributed by atoms with Crippen molar-refractivity contribution in [3.63, 3.8) is 0 Å². The predicted octanol–water partition coefficient (Wildman–Crippen LogP) is 3.66. The van der Waals surface area contributed by atoms with Crippen LogP contribution >= 0.6 is 7.92 Å². The highest BCUT2D eigenvalue weighted by Crippen LogP contribution is 2.34. The third-order valence-electron chi connectivity index (χ3n) is 1.40. The standard InChI is InChI=1S/C10H19P/c1-4-7-10-11(8-5-2)9-6-3/h4-6,8-9H2,1-3H3. The van der Waals surface area contributed by atoms with Gasteiger partial charge in [-0.05, 0) is 20.2 Å². The zero-order valence-electron chi connectivity index (χ0n) is 7.98. The molecule has 0 saturated heterocycles. The highest BCUT2D eigenvalue weighted by molar-refractivity contribution is 7.62. The van der Waals surface area contributed by atoms with Gasteiger partial charge in [-0.15, -0.1) is 0 Å². The maximum absolute atomic E-state index is 3.39. The first-order chi connectivity index (χ1) is 5.35. The second-order valence-electron chi connectivity index (χ2n) is 2.63. The van der Waals surface area contributed by atoms with Crippen molar-refractivity contribution >= 4 is 7.92 Å². The first-order valence-corrected chi connectivity index (χ1v) is 6.29. The summed E-state index contributed by atoms with van der Waals surface area (Å²) in [6, 6.07) is 0. The summed E-state index contributed by atoms with van der Waals surface area (Å²) in [6.45, 7) is 6.62. The molecule has 0 aromatic heterocycles. The Bertz CT molecular complexity index is 124. The number of hydrogen-bond donors (Lipinski definition) is 0. The van der Waals surface area contributed by atoms with E-state index in [2.05, 4.69) is 32.4 Å². The quantitative estimate of drug-likeness (QED) is 0.446. The molecule has 0 fully saturated rings. The molecule has 0 nitrogen and oxygen atoms in total. The molecule has 0 unspecified atom stereocenters. The molecule has 0 radical (unpaired) electrons. The predicted molar refractivity (Wildman–Crippen MR) is 55.3 cm³/mol. The van der Waals surface area contributed by atoms with E-state index >= 15 is 0 Å². The molecule has 0 aromatic carbocycles. The van der Waals surface area contributed by atoms with Crippen molar-refractivity contribution in [1.29, 1.82) is 0 Å². The van der Waals surface area contributed by atoms with Crippen LogP contribution in [0, 0.1) is 11.6 Å². The Morgan fingerprint density at radius 3 is 1.91 bits per heavy atom. The molecule has 0 amide bonds. The second kappa shape index (κ2) is 8.09. The topological polar surface area (TPSA) is 0 Å². The molecule has 0 rings (SSSR count). The minimum absolute atomic E-state index is 0.0721. The highest BCUT2D eigenvalue weighted by atomic mass is 31.1. The fraction of sp³-hybridized carbons (Fsp3) is 0.800. The molecule has 0 spiro atoms. The van der Waals surface area contributed by atoms with E-state index in [4.69, 9.17) is 0 Å². The van der Waals surface area contributed by atoms with Gasteiger partial charge in [0.25, 0.3) is 0 Å². The third kappa shape index (κ3) is 6.39. The lowest BCUT2D eigenvalue weighted by atomic mass is 10.5. The van der Waals surface area contributed by atoms with Gasteiger partial charge in [0.2, 0.25) is 0 Å². The van der Waals surface area contributed by atoms with Gasteiger partial charge >= 0.3 is 0 Å². The van der Waals surface area contributed by atoms with E-state index in [1.165, 1.54) is 25.2 Å². The molecule has 0 aromatic rings. The summed E-state index contributed by atoms with van der Waals surface area (Å²) in [4.78, 5) is 0. The molecular formula is C10H19P. The van der Waals surface area contributed by atoms with Crippen molar-refractivity contribution in [2.45, 2.75) is 40.0 Å². The van der Waals surface area contributed by atoms with Gasteiger partial charge in [0.05, 0.1) is 0 Å². The fourth-order valence-corrected chi connectivity index (χ4v) is 2.86. The number of rotatable bonds is 4. The zero-order valence-corrected chi connectivity index (χ0v) is 8.88. The molecule has 0 atom stereocenters. The second-order valence-corrected chi connectivity index (χ2v) is 4.83. The summed E-state index contributed by atoms with van der Waals surface area (Å²) in [5.41, 5.74) is 3.39. The van der Waals surface area contributed by atoms with Crippen LogP contribution in [0.15, 0.2) is 0 Å². The van der Waals surface area contributed by atoms with Crippen LogP contribution in [-0.4, -0.2) is 12.3 Å². The van der Waals surface area contributed by atoms with Crippen molar-refractivity contribution in [3.05, 3.63) is 0 Å². The van der Waals surface area contributed by atoms with Gasteiger partial charge < -0.3 is 0 Å². The van der Waals surface area contributed by atoms with Gasteiger partial charge in [0.1, 0.15) is 0 Å². The largest absolute Gasteiger partial charge is 0.0990 e. The maximum Gasteiger partial charge on any atom is 0.00637 e. The Morgan fingerprint density at radius 1 is 1.00 bits per heavy atom. The lowest BCUT2D eigenvalue weighted by Crippen LogP contribution is -1.84. The van der Waals surface area contributed by atoms with Crippen molar-refractivity contribution in [3.8, 4) is 11.6 Å². The van der Waals surface area contributed by atoms with Gasteiger partial charge in [-0.25, -0.2) is 0 Å². The SMILES string of the molecule is CCC#CP(CCC)CCC. The minimum Gasteiger partial charge on any atom is -0.0990 e. The Morgan fingerprint density at radius 2 is 1.55 bits per heavy atom. The van der Waals surface area contributed by atoms with Crippen molar-refractivity contribution in [1.82, 2.24) is 0 Å². The summed E-state index contributed by atoms with van der Waals surface area (Å²) in [6.07, 6.45) is 6.30. The lowest BCUT2D eigenvalue weighted by molar-refractivity contribution is 1.06. The van der Waals surface area contributed by atoms with Crippen LogP contribution in [0.5, 0.6) is 0 Å². The van der Waals surface area contributed by atoms with Gasteiger partial charge in [0, 0.05) is 6.42 Å². The van der Waals surface area contributed by atoms with E-state index in [0.717, 1.165) is 6.42 Å². The van der Waals surface area contributed by atoms with E-state index in [-0.39, 0.29) is 7.92 Å². The number of hydrogen-bond acceptors (Lipinski definition) is 0. The monoisotopic (exact) mass is 170 g/mol. The molecule has 0 saturated carbocycles. The molecule has 0 aliphatic heterocycles. The van der Waals surface area contributed by atoms with Crippen LogP contribution < -0.4 is 0 Å². The Labute approximate surface area is 72.5 Å². The Hall–Kier alpha value is -0.0100. The molecule has 0 heterocycles. The van der Waals surface area contributed by atoms with Crippen LogP contribution in [0.3, 0.4) is 0 Å². The van der Waals surface area contributed by atoms with E-state index in [0.29, 0.717) is 0 Å². The summed E-state index contributed by atoms with van der Waals surface area (Å²) >= 11 is 0. The molecule has 0 aliphatic carbocycles. The third-order valence-corrected chi connectivity index (χ3v) is 3.85. The van der Waals surface area contributed by atoms with Crippen molar-refractivity contribution < 1.29 is 0 Å². The smallest absolute Gasteiger partial charge is 0.00637 e. The van der Waals surface area contributed by atoms with Gasteiger partial charge in [-0.2, -0.15) is 0 Å². The molecule has 0 aliphatic rings.